The minimum Gasteiger partial charge on any atom is -0.481 e. The van der Waals surface area contributed by atoms with Crippen LogP contribution in [0.1, 0.15) is 27.7 Å². The third-order valence-electron chi connectivity index (χ3n) is 2.90. The van der Waals surface area contributed by atoms with Crippen molar-refractivity contribution in [2.75, 3.05) is 26.7 Å². The lowest BCUT2D eigenvalue weighted by molar-refractivity contribution is -0.146. The van der Waals surface area contributed by atoms with Crippen molar-refractivity contribution in [1.29, 1.82) is 0 Å². The third-order valence-corrected chi connectivity index (χ3v) is 2.90. The maximum atomic E-state index is 11.4. The van der Waals surface area contributed by atoms with Crippen LogP contribution in [-0.4, -0.2) is 54.7 Å². The van der Waals surface area contributed by atoms with Crippen molar-refractivity contribution < 1.29 is 14.7 Å². The molecular weight excluding hydrogens is 234 g/mol. The van der Waals surface area contributed by atoms with E-state index in [0.717, 1.165) is 6.54 Å². The summed E-state index contributed by atoms with van der Waals surface area (Å²) in [5.74, 6) is -0.928. The van der Waals surface area contributed by atoms with Crippen LogP contribution in [0.15, 0.2) is 0 Å². The summed E-state index contributed by atoms with van der Waals surface area (Å²) in [5.41, 5.74) is -0.952. The molecule has 3 N–H and O–H groups in total. The second-order valence-corrected chi connectivity index (χ2v) is 5.37. The SMILES string of the molecule is CC(C)N(C)CCNC(=O)NCC(C)(C)C(=O)O. The van der Waals surface area contributed by atoms with Gasteiger partial charge in [-0.1, -0.05) is 0 Å². The average molecular weight is 259 g/mol. The Kier molecular flexibility index (Phi) is 6.68. The van der Waals surface area contributed by atoms with Crippen molar-refractivity contribution in [1.82, 2.24) is 15.5 Å². The monoisotopic (exact) mass is 259 g/mol. The molecule has 0 aromatic carbocycles. The second-order valence-electron chi connectivity index (χ2n) is 5.37. The lowest BCUT2D eigenvalue weighted by Crippen LogP contribution is -2.45. The largest absolute Gasteiger partial charge is 0.481 e. The van der Waals surface area contributed by atoms with Crippen molar-refractivity contribution in [3.8, 4) is 0 Å². The van der Waals surface area contributed by atoms with Gasteiger partial charge in [-0.2, -0.15) is 0 Å². The predicted molar refractivity (Wildman–Crippen MR) is 70.6 cm³/mol. The van der Waals surface area contributed by atoms with Crippen molar-refractivity contribution >= 4 is 12.0 Å². The van der Waals surface area contributed by atoms with Crippen molar-refractivity contribution in [2.24, 2.45) is 5.41 Å². The molecule has 0 fully saturated rings. The molecule has 0 heterocycles. The average Bonchev–Trinajstić information content (AvgIpc) is 2.26. The first-order chi connectivity index (χ1) is 8.16. The van der Waals surface area contributed by atoms with E-state index in [1.54, 1.807) is 13.8 Å². The van der Waals surface area contributed by atoms with Crippen LogP contribution in [0.4, 0.5) is 4.79 Å². The highest BCUT2D eigenvalue weighted by molar-refractivity contribution is 5.77. The number of urea groups is 1. The minimum atomic E-state index is -0.952. The Balaban J connectivity index is 3.83. The Bertz CT molecular complexity index is 290. The number of nitrogens with zero attached hydrogens (tertiary/aromatic N) is 1. The van der Waals surface area contributed by atoms with Gasteiger partial charge in [0.15, 0.2) is 0 Å². The summed E-state index contributed by atoms with van der Waals surface area (Å²) in [7, 11) is 1.98. The van der Waals surface area contributed by atoms with E-state index in [4.69, 9.17) is 5.11 Å². The molecule has 0 radical (unpaired) electrons. The Morgan fingerprint density at radius 3 is 2.28 bits per heavy atom. The van der Waals surface area contributed by atoms with Crippen LogP contribution in [0, 0.1) is 5.41 Å². The van der Waals surface area contributed by atoms with E-state index in [1.807, 2.05) is 7.05 Å². The van der Waals surface area contributed by atoms with Gasteiger partial charge in [0.05, 0.1) is 5.41 Å². The zero-order valence-electron chi connectivity index (χ0n) is 11.9. The molecule has 0 saturated heterocycles. The van der Waals surface area contributed by atoms with Gasteiger partial charge in [0, 0.05) is 25.7 Å². The third kappa shape index (κ3) is 6.44. The lowest BCUT2D eigenvalue weighted by atomic mass is 9.94. The second kappa shape index (κ2) is 7.20. The van der Waals surface area contributed by atoms with Gasteiger partial charge in [-0.15, -0.1) is 0 Å². The zero-order valence-corrected chi connectivity index (χ0v) is 11.9. The molecular formula is C12H25N3O3. The van der Waals surface area contributed by atoms with Gasteiger partial charge in [-0.05, 0) is 34.7 Å². The summed E-state index contributed by atoms with van der Waals surface area (Å²) in [6, 6.07) is 0.0993. The van der Waals surface area contributed by atoms with Crippen molar-refractivity contribution in [3.05, 3.63) is 0 Å². The first-order valence-corrected chi connectivity index (χ1v) is 6.12. The molecule has 18 heavy (non-hydrogen) atoms. The number of carbonyl (C=O) groups excluding carboxylic acids is 1. The molecule has 6 heteroatoms. The molecule has 0 bridgehead atoms. The molecule has 106 valence electrons. The van der Waals surface area contributed by atoms with E-state index in [-0.39, 0.29) is 12.6 Å². The fourth-order valence-corrected chi connectivity index (χ4v) is 1.04. The number of hydrogen-bond donors (Lipinski definition) is 3. The van der Waals surface area contributed by atoms with Gasteiger partial charge in [0.25, 0.3) is 0 Å². The lowest BCUT2D eigenvalue weighted by Gasteiger charge is -2.22. The number of rotatable bonds is 7. The molecule has 0 aromatic heterocycles. The van der Waals surface area contributed by atoms with Crippen LogP contribution >= 0.6 is 0 Å². The normalized spacial score (nSPS) is 11.7. The Morgan fingerprint density at radius 2 is 1.83 bits per heavy atom. The Morgan fingerprint density at radius 1 is 1.28 bits per heavy atom. The number of aliphatic carboxylic acids is 1. The van der Waals surface area contributed by atoms with Crippen LogP contribution in [-0.2, 0) is 4.79 Å². The molecule has 6 nitrogen and oxygen atoms in total. The standard InChI is InChI=1S/C12H25N3O3/c1-9(2)15(5)7-6-13-11(18)14-8-12(3,4)10(16)17/h9H,6-8H2,1-5H3,(H,16,17)(H2,13,14,18). The maximum absolute atomic E-state index is 11.4. The topological polar surface area (TPSA) is 81.7 Å². The van der Waals surface area contributed by atoms with Crippen LogP contribution in [0.3, 0.4) is 0 Å². The van der Waals surface area contributed by atoms with E-state index >= 15 is 0 Å². The van der Waals surface area contributed by atoms with E-state index in [0.29, 0.717) is 12.6 Å². The molecule has 0 aliphatic heterocycles. The molecule has 0 aliphatic carbocycles. The summed E-state index contributed by atoms with van der Waals surface area (Å²) in [5, 5.41) is 14.1. The predicted octanol–water partition coefficient (Wildman–Crippen LogP) is 0.737. The van der Waals surface area contributed by atoms with E-state index in [2.05, 4.69) is 29.4 Å². The molecule has 0 aromatic rings. The van der Waals surface area contributed by atoms with Gasteiger partial charge in [0.1, 0.15) is 0 Å². The van der Waals surface area contributed by atoms with E-state index < -0.39 is 11.4 Å². The number of carboxylic acid groups (broad SMARTS) is 1. The Labute approximate surface area is 109 Å². The molecule has 0 rings (SSSR count). The summed E-state index contributed by atoms with van der Waals surface area (Å²) in [4.78, 5) is 24.4. The quantitative estimate of drug-likeness (QED) is 0.630. The number of amides is 2. The van der Waals surface area contributed by atoms with Crippen LogP contribution in [0.2, 0.25) is 0 Å². The maximum Gasteiger partial charge on any atom is 0.314 e. The van der Waals surface area contributed by atoms with Crippen LogP contribution < -0.4 is 10.6 Å². The van der Waals surface area contributed by atoms with Gasteiger partial charge in [0.2, 0.25) is 0 Å². The first kappa shape index (κ1) is 16.7. The smallest absolute Gasteiger partial charge is 0.314 e. The summed E-state index contributed by atoms with van der Waals surface area (Å²) in [6.45, 7) is 8.70. The van der Waals surface area contributed by atoms with Crippen LogP contribution in [0.25, 0.3) is 0 Å². The molecule has 0 saturated carbocycles. The molecule has 0 unspecified atom stereocenters. The Hall–Kier alpha value is -1.30. The fourth-order valence-electron chi connectivity index (χ4n) is 1.04. The highest BCUT2D eigenvalue weighted by Gasteiger charge is 2.27. The molecule has 0 atom stereocenters. The highest BCUT2D eigenvalue weighted by Crippen LogP contribution is 2.12. The molecule has 0 aliphatic rings. The van der Waals surface area contributed by atoms with Crippen molar-refractivity contribution in [3.63, 3.8) is 0 Å². The summed E-state index contributed by atoms with van der Waals surface area (Å²) >= 11 is 0. The van der Waals surface area contributed by atoms with Crippen molar-refractivity contribution in [2.45, 2.75) is 33.7 Å². The zero-order chi connectivity index (χ0) is 14.3. The minimum absolute atomic E-state index is 0.105. The van der Waals surface area contributed by atoms with Gasteiger partial charge in [-0.3, -0.25) is 4.79 Å². The fraction of sp³-hybridized carbons (Fsp3) is 0.833. The highest BCUT2D eigenvalue weighted by atomic mass is 16.4. The first-order valence-electron chi connectivity index (χ1n) is 6.12. The van der Waals surface area contributed by atoms with Gasteiger partial charge in [-0.25, -0.2) is 4.79 Å². The number of carboxylic acids is 1. The summed E-state index contributed by atoms with van der Waals surface area (Å²) in [6.07, 6.45) is 0. The van der Waals surface area contributed by atoms with Gasteiger partial charge < -0.3 is 20.6 Å². The summed E-state index contributed by atoms with van der Waals surface area (Å²) < 4.78 is 0. The number of hydrogen-bond acceptors (Lipinski definition) is 3. The van der Waals surface area contributed by atoms with E-state index in [1.165, 1.54) is 0 Å². The molecule has 2 amide bonds. The van der Waals surface area contributed by atoms with Gasteiger partial charge >= 0.3 is 12.0 Å². The van der Waals surface area contributed by atoms with E-state index in [9.17, 15) is 9.59 Å². The molecule has 0 spiro atoms. The number of carbonyl (C=O) groups is 2. The number of likely N-dealkylation sites (N-methyl/N-ethyl adjacent to an activating group) is 1. The number of nitrogens with one attached hydrogen (secondary N) is 2. The van der Waals surface area contributed by atoms with Crippen LogP contribution in [0.5, 0.6) is 0 Å².